The summed E-state index contributed by atoms with van der Waals surface area (Å²) in [4.78, 5) is 12.4. The van der Waals surface area contributed by atoms with Crippen LogP contribution in [0.15, 0.2) is 45.6 Å². The fourth-order valence-corrected chi connectivity index (χ4v) is 3.40. The number of hydrogen-bond donors (Lipinski definition) is 6. The molecule has 0 radical (unpaired) electrons. The van der Waals surface area contributed by atoms with Crippen LogP contribution in [0.5, 0.6) is 23.0 Å². The van der Waals surface area contributed by atoms with Gasteiger partial charge in [0.1, 0.15) is 46.5 Å². The predicted octanol–water partition coefficient (Wildman–Crippen LogP) is 0.783. The summed E-state index contributed by atoms with van der Waals surface area (Å²) in [6.07, 6.45) is -6.16. The largest absolute Gasteiger partial charge is 0.508 e. The maximum Gasteiger partial charge on any atom is 0.238 e. The molecule has 6 N–H and O–H groups in total. The molecule has 2 aromatic carbocycles. The van der Waals surface area contributed by atoms with Crippen molar-refractivity contribution in [2.45, 2.75) is 37.6 Å². The van der Waals surface area contributed by atoms with Crippen molar-refractivity contribution in [1.29, 1.82) is 0 Å². The summed E-state index contributed by atoms with van der Waals surface area (Å²) in [5, 5.41) is 59.2. The molecule has 1 fully saturated rings. The molecule has 2 unspecified atom stereocenters. The molecule has 10 heteroatoms. The molecular formula is C21H20O10. The normalized spacial score (nSPS) is 26.1. The summed E-state index contributed by atoms with van der Waals surface area (Å²) >= 11 is 0. The van der Waals surface area contributed by atoms with Gasteiger partial charge in [0.2, 0.25) is 17.5 Å². The van der Waals surface area contributed by atoms with E-state index in [0.29, 0.717) is 5.56 Å². The molecule has 3 aromatic rings. The fraction of sp³-hybridized carbons (Fsp3) is 0.286. The Morgan fingerprint density at radius 3 is 2.29 bits per heavy atom. The molecule has 164 valence electrons. The van der Waals surface area contributed by atoms with Crippen LogP contribution in [0.1, 0.15) is 6.92 Å². The highest BCUT2D eigenvalue weighted by atomic mass is 16.7. The summed E-state index contributed by atoms with van der Waals surface area (Å²) in [6, 6.07) is 7.94. The number of aliphatic hydroxyl groups is 3. The standard InChI is InChI=1S/C21H20O10/c1-8-15(24)17(26)19(28)21(29-8)30-11-4-2-9(3-5-11)20-18(27)16(25)14-12(23)6-10(22)7-13(14)31-20/h2-8,15,17,19,21-24,26-28H,1H3/t8?,15-,17?,19-,21-/m0/s1. The quantitative estimate of drug-likeness (QED) is 0.348. The molecule has 0 spiro atoms. The Morgan fingerprint density at radius 1 is 0.935 bits per heavy atom. The fourth-order valence-electron chi connectivity index (χ4n) is 3.40. The molecule has 1 aliphatic rings. The molecule has 0 aliphatic carbocycles. The number of phenols is 2. The molecule has 1 aliphatic heterocycles. The number of hydrogen-bond acceptors (Lipinski definition) is 10. The Morgan fingerprint density at radius 2 is 1.61 bits per heavy atom. The SMILES string of the molecule is CC1O[C@@H](Oc2ccc(-c3oc4cc(O)cc(O)c4c(=O)c3O)cc2)[C@@H](O)C(O)[C@H]1O. The third-order valence-corrected chi connectivity index (χ3v) is 5.11. The van der Waals surface area contributed by atoms with E-state index in [1.807, 2.05) is 0 Å². The van der Waals surface area contributed by atoms with Crippen molar-refractivity contribution in [3.8, 4) is 34.3 Å². The lowest BCUT2D eigenvalue weighted by Crippen LogP contribution is -2.58. The van der Waals surface area contributed by atoms with Crippen molar-refractivity contribution in [2.75, 3.05) is 0 Å². The number of aliphatic hydroxyl groups excluding tert-OH is 3. The van der Waals surface area contributed by atoms with Crippen LogP contribution in [-0.2, 0) is 4.74 Å². The van der Waals surface area contributed by atoms with Crippen LogP contribution in [0.3, 0.4) is 0 Å². The first kappa shape index (κ1) is 20.9. The van der Waals surface area contributed by atoms with Crippen LogP contribution in [0.4, 0.5) is 0 Å². The number of aromatic hydroxyl groups is 3. The van der Waals surface area contributed by atoms with E-state index in [1.165, 1.54) is 31.2 Å². The summed E-state index contributed by atoms with van der Waals surface area (Å²) < 4.78 is 16.4. The molecule has 4 rings (SSSR count). The minimum Gasteiger partial charge on any atom is -0.508 e. The monoisotopic (exact) mass is 432 g/mol. The van der Waals surface area contributed by atoms with Gasteiger partial charge in [-0.15, -0.1) is 0 Å². The van der Waals surface area contributed by atoms with E-state index in [2.05, 4.69) is 0 Å². The van der Waals surface area contributed by atoms with E-state index in [-0.39, 0.29) is 28.2 Å². The molecule has 0 bridgehead atoms. The molecule has 0 saturated carbocycles. The van der Waals surface area contributed by atoms with E-state index < -0.39 is 47.6 Å². The molecule has 1 saturated heterocycles. The lowest BCUT2D eigenvalue weighted by Gasteiger charge is -2.38. The second-order valence-corrected chi connectivity index (χ2v) is 7.27. The molecule has 31 heavy (non-hydrogen) atoms. The Bertz CT molecular complexity index is 1170. The first-order valence-corrected chi connectivity index (χ1v) is 9.36. The third kappa shape index (κ3) is 3.66. The second-order valence-electron chi connectivity index (χ2n) is 7.27. The Kier molecular flexibility index (Phi) is 5.23. The van der Waals surface area contributed by atoms with Crippen LogP contribution in [0, 0.1) is 0 Å². The first-order chi connectivity index (χ1) is 14.7. The zero-order chi connectivity index (χ0) is 22.4. The van der Waals surface area contributed by atoms with Gasteiger partial charge in [0, 0.05) is 17.7 Å². The van der Waals surface area contributed by atoms with E-state index in [1.54, 1.807) is 0 Å². The highest BCUT2D eigenvalue weighted by Crippen LogP contribution is 2.35. The van der Waals surface area contributed by atoms with Gasteiger partial charge in [-0.25, -0.2) is 0 Å². The van der Waals surface area contributed by atoms with Crippen molar-refractivity contribution in [3.63, 3.8) is 0 Å². The first-order valence-electron chi connectivity index (χ1n) is 9.36. The molecule has 2 heterocycles. The van der Waals surface area contributed by atoms with E-state index in [4.69, 9.17) is 13.9 Å². The minimum atomic E-state index is -1.48. The summed E-state index contributed by atoms with van der Waals surface area (Å²) in [5.41, 5.74) is -0.689. The Hall–Kier alpha value is -3.31. The Balaban J connectivity index is 1.64. The van der Waals surface area contributed by atoms with Crippen LogP contribution in [0.2, 0.25) is 0 Å². The average Bonchev–Trinajstić information content (AvgIpc) is 2.73. The summed E-state index contributed by atoms with van der Waals surface area (Å²) in [5.74, 6) is -1.51. The van der Waals surface area contributed by atoms with Crippen molar-refractivity contribution in [2.24, 2.45) is 0 Å². The topological polar surface area (TPSA) is 170 Å². The van der Waals surface area contributed by atoms with E-state index in [9.17, 15) is 35.4 Å². The maximum atomic E-state index is 12.4. The van der Waals surface area contributed by atoms with Crippen LogP contribution in [-0.4, -0.2) is 61.3 Å². The van der Waals surface area contributed by atoms with Gasteiger partial charge in [0.25, 0.3) is 0 Å². The lowest BCUT2D eigenvalue weighted by atomic mass is 10.00. The van der Waals surface area contributed by atoms with Gasteiger partial charge in [-0.2, -0.15) is 0 Å². The molecule has 1 aromatic heterocycles. The van der Waals surface area contributed by atoms with Crippen molar-refractivity contribution in [3.05, 3.63) is 46.6 Å². The molecule has 10 nitrogen and oxygen atoms in total. The average molecular weight is 432 g/mol. The van der Waals surface area contributed by atoms with Gasteiger partial charge in [-0.1, -0.05) is 0 Å². The molecule has 0 amide bonds. The zero-order valence-corrected chi connectivity index (χ0v) is 16.2. The predicted molar refractivity (Wildman–Crippen MR) is 106 cm³/mol. The number of fused-ring (bicyclic) bond motifs is 1. The van der Waals surface area contributed by atoms with Crippen LogP contribution >= 0.6 is 0 Å². The smallest absolute Gasteiger partial charge is 0.238 e. The van der Waals surface area contributed by atoms with Gasteiger partial charge >= 0.3 is 0 Å². The molecular weight excluding hydrogens is 412 g/mol. The van der Waals surface area contributed by atoms with E-state index in [0.717, 1.165) is 12.1 Å². The van der Waals surface area contributed by atoms with Gasteiger partial charge in [0.15, 0.2) is 5.76 Å². The number of ether oxygens (including phenoxy) is 2. The highest BCUT2D eigenvalue weighted by molar-refractivity contribution is 5.88. The van der Waals surface area contributed by atoms with Crippen LogP contribution in [0.25, 0.3) is 22.3 Å². The number of rotatable bonds is 3. The summed E-state index contributed by atoms with van der Waals surface area (Å²) in [6.45, 7) is 1.53. The van der Waals surface area contributed by atoms with Gasteiger partial charge in [-0.3, -0.25) is 4.79 Å². The maximum absolute atomic E-state index is 12.4. The van der Waals surface area contributed by atoms with Gasteiger partial charge in [0.05, 0.1) is 6.10 Å². The minimum absolute atomic E-state index is 0.115. The van der Waals surface area contributed by atoms with Crippen LogP contribution < -0.4 is 10.2 Å². The second kappa shape index (κ2) is 7.75. The zero-order valence-electron chi connectivity index (χ0n) is 16.2. The van der Waals surface area contributed by atoms with Gasteiger partial charge < -0.3 is 44.5 Å². The lowest BCUT2D eigenvalue weighted by molar-refractivity contribution is -0.268. The molecule has 5 atom stereocenters. The van der Waals surface area contributed by atoms with E-state index >= 15 is 0 Å². The van der Waals surface area contributed by atoms with Crippen molar-refractivity contribution < 1.29 is 44.5 Å². The van der Waals surface area contributed by atoms with Crippen molar-refractivity contribution >= 4 is 11.0 Å². The third-order valence-electron chi connectivity index (χ3n) is 5.11. The van der Waals surface area contributed by atoms with Crippen molar-refractivity contribution in [1.82, 2.24) is 0 Å². The van der Waals surface area contributed by atoms with Gasteiger partial charge in [-0.05, 0) is 31.2 Å². The number of phenolic OH excluding ortho intramolecular Hbond substituents is 2. The Labute approximate surface area is 174 Å². The number of benzene rings is 2. The highest BCUT2D eigenvalue weighted by Gasteiger charge is 2.43. The summed E-state index contributed by atoms with van der Waals surface area (Å²) in [7, 11) is 0.